The fourth-order valence-electron chi connectivity index (χ4n) is 3.01. The molecule has 1 aliphatic rings. The van der Waals surface area contributed by atoms with Crippen molar-refractivity contribution in [2.45, 2.75) is 32.7 Å². The number of amidine groups is 1. The number of amides is 1. The maximum absolute atomic E-state index is 13.1. The van der Waals surface area contributed by atoms with Crippen molar-refractivity contribution in [1.82, 2.24) is 4.90 Å². The van der Waals surface area contributed by atoms with Gasteiger partial charge < -0.3 is 4.42 Å². The first-order valence-electron chi connectivity index (χ1n) is 9.89. The second-order valence-electron chi connectivity index (χ2n) is 8.10. The van der Waals surface area contributed by atoms with Crippen LogP contribution in [-0.2, 0) is 16.8 Å². The summed E-state index contributed by atoms with van der Waals surface area (Å²) in [5, 5.41) is 11.0. The maximum Gasteiger partial charge on any atom is 0.267 e. The summed E-state index contributed by atoms with van der Waals surface area (Å²) >= 11 is 2.91. The minimum absolute atomic E-state index is 0.0871. The van der Waals surface area contributed by atoms with Gasteiger partial charge in [0, 0.05) is 4.88 Å². The molecule has 0 unspecified atom stereocenters. The van der Waals surface area contributed by atoms with Crippen molar-refractivity contribution in [3.8, 4) is 0 Å². The normalized spacial score (nSPS) is 17.5. The Morgan fingerprint density at radius 2 is 1.90 bits per heavy atom. The summed E-state index contributed by atoms with van der Waals surface area (Å²) in [4.78, 5) is 16.3. The fraction of sp³-hybridized carbons (Fsp3) is 0.208. The molecule has 1 fully saturated rings. The van der Waals surface area contributed by atoms with Crippen LogP contribution in [0, 0.1) is 0 Å². The lowest BCUT2D eigenvalue weighted by Gasteiger charge is -2.18. The first-order chi connectivity index (χ1) is 14.9. The molecule has 0 radical (unpaired) electrons. The lowest BCUT2D eigenvalue weighted by Crippen LogP contribution is -2.28. The topological polar surface area (TPSA) is 58.2 Å². The number of hydrogen-bond acceptors (Lipinski definition) is 6. The molecule has 2 aromatic heterocycles. The molecule has 4 rings (SSSR count). The van der Waals surface area contributed by atoms with Gasteiger partial charge in [-0.25, -0.2) is 0 Å². The number of benzene rings is 1. The Kier molecular flexibility index (Phi) is 6.25. The van der Waals surface area contributed by atoms with E-state index in [-0.39, 0.29) is 11.3 Å². The van der Waals surface area contributed by atoms with E-state index in [4.69, 9.17) is 4.42 Å². The van der Waals surface area contributed by atoms with Gasteiger partial charge in [0.1, 0.15) is 5.76 Å². The van der Waals surface area contributed by atoms with E-state index in [1.807, 2.05) is 47.9 Å². The van der Waals surface area contributed by atoms with Gasteiger partial charge in [0.15, 0.2) is 5.17 Å². The molecule has 0 bridgehead atoms. The van der Waals surface area contributed by atoms with Crippen LogP contribution in [0.15, 0.2) is 79.7 Å². The van der Waals surface area contributed by atoms with Gasteiger partial charge in [-0.1, -0.05) is 51.1 Å². The van der Waals surface area contributed by atoms with Gasteiger partial charge in [-0.15, -0.1) is 16.4 Å². The van der Waals surface area contributed by atoms with Gasteiger partial charge in [-0.3, -0.25) is 9.69 Å². The van der Waals surface area contributed by atoms with Crippen LogP contribution >= 0.6 is 23.1 Å². The molecule has 1 aromatic carbocycles. The van der Waals surface area contributed by atoms with Crippen LogP contribution in [0.2, 0.25) is 0 Å². The van der Waals surface area contributed by atoms with Crippen molar-refractivity contribution in [1.29, 1.82) is 0 Å². The molecule has 158 valence electrons. The SMILES string of the molecule is CC(C)(C)c1ccc(/C=C2\S/C(=N/N=C\c3cccs3)N(Cc3ccco3)C2=O)cc1. The summed E-state index contributed by atoms with van der Waals surface area (Å²) in [6.07, 6.45) is 5.20. The van der Waals surface area contributed by atoms with E-state index in [0.29, 0.717) is 22.4 Å². The highest BCUT2D eigenvalue weighted by Gasteiger charge is 2.34. The third kappa shape index (κ3) is 5.24. The van der Waals surface area contributed by atoms with E-state index in [1.165, 1.54) is 17.3 Å². The summed E-state index contributed by atoms with van der Waals surface area (Å²) in [5.41, 5.74) is 2.32. The first kappa shape index (κ1) is 21.3. The molecule has 0 saturated carbocycles. The Bertz CT molecular complexity index is 1120. The first-order valence-corrected chi connectivity index (χ1v) is 11.6. The second-order valence-corrected chi connectivity index (χ2v) is 10.1. The maximum atomic E-state index is 13.1. The number of thioether (sulfide) groups is 1. The minimum Gasteiger partial charge on any atom is -0.467 e. The predicted octanol–water partition coefficient (Wildman–Crippen LogP) is 6.15. The molecule has 31 heavy (non-hydrogen) atoms. The zero-order valence-electron chi connectivity index (χ0n) is 17.6. The Morgan fingerprint density at radius 3 is 2.55 bits per heavy atom. The zero-order valence-corrected chi connectivity index (χ0v) is 19.2. The molecule has 7 heteroatoms. The molecular weight excluding hydrogens is 426 g/mol. The van der Waals surface area contributed by atoms with Crippen molar-refractivity contribution < 1.29 is 9.21 Å². The van der Waals surface area contributed by atoms with Crippen LogP contribution in [-0.4, -0.2) is 22.2 Å². The summed E-state index contributed by atoms with van der Waals surface area (Å²) in [6.45, 7) is 6.86. The third-order valence-electron chi connectivity index (χ3n) is 4.73. The Morgan fingerprint density at radius 1 is 1.10 bits per heavy atom. The van der Waals surface area contributed by atoms with E-state index in [0.717, 1.165) is 10.4 Å². The van der Waals surface area contributed by atoms with Crippen molar-refractivity contribution in [3.05, 3.63) is 86.8 Å². The highest BCUT2D eigenvalue weighted by atomic mass is 32.2. The van der Waals surface area contributed by atoms with Gasteiger partial charge in [-0.05, 0) is 58.0 Å². The molecule has 1 aliphatic heterocycles. The molecule has 3 aromatic rings. The number of carbonyl (C=O) groups is 1. The molecule has 0 N–H and O–H groups in total. The van der Waals surface area contributed by atoms with E-state index < -0.39 is 0 Å². The molecular formula is C24H23N3O2S2. The summed E-state index contributed by atoms with van der Waals surface area (Å²) in [6, 6.07) is 15.9. The highest BCUT2D eigenvalue weighted by Crippen LogP contribution is 2.34. The molecule has 3 heterocycles. The van der Waals surface area contributed by atoms with Crippen molar-refractivity contribution in [3.63, 3.8) is 0 Å². The van der Waals surface area contributed by atoms with Gasteiger partial charge in [0.05, 0.1) is 23.9 Å². The summed E-state index contributed by atoms with van der Waals surface area (Å²) < 4.78 is 5.44. The standard InChI is InChI=1S/C24H23N3O2S2/c1-24(2,3)18-10-8-17(9-11-18)14-21-22(28)27(16-19-6-4-12-29-19)23(31-21)26-25-15-20-7-5-13-30-20/h4-15H,16H2,1-3H3/b21-14-,25-15-,26-23+. The van der Waals surface area contributed by atoms with Gasteiger partial charge in [0.2, 0.25) is 0 Å². The Balaban J connectivity index is 1.60. The van der Waals surface area contributed by atoms with Gasteiger partial charge in [0.25, 0.3) is 5.91 Å². The number of nitrogens with zero attached hydrogens (tertiary/aromatic N) is 3. The highest BCUT2D eigenvalue weighted by molar-refractivity contribution is 8.18. The van der Waals surface area contributed by atoms with Crippen molar-refractivity contribution in [2.24, 2.45) is 10.2 Å². The van der Waals surface area contributed by atoms with E-state index in [2.05, 4.69) is 43.1 Å². The zero-order chi connectivity index (χ0) is 21.8. The number of hydrogen-bond donors (Lipinski definition) is 0. The van der Waals surface area contributed by atoms with E-state index >= 15 is 0 Å². The quantitative estimate of drug-likeness (QED) is 0.267. The average Bonchev–Trinajstić information content (AvgIpc) is 3.48. The fourth-order valence-corrected chi connectivity index (χ4v) is 4.53. The molecule has 5 nitrogen and oxygen atoms in total. The number of furan rings is 1. The molecule has 0 aliphatic carbocycles. The lowest BCUT2D eigenvalue weighted by atomic mass is 9.87. The van der Waals surface area contributed by atoms with Crippen LogP contribution in [0.1, 0.15) is 42.5 Å². The largest absolute Gasteiger partial charge is 0.467 e. The molecule has 1 amide bonds. The van der Waals surface area contributed by atoms with Crippen molar-refractivity contribution in [2.75, 3.05) is 0 Å². The predicted molar refractivity (Wildman–Crippen MR) is 129 cm³/mol. The van der Waals surface area contributed by atoms with Crippen LogP contribution in [0.5, 0.6) is 0 Å². The van der Waals surface area contributed by atoms with E-state index in [9.17, 15) is 4.79 Å². The molecule has 0 atom stereocenters. The number of thiophene rings is 1. The smallest absolute Gasteiger partial charge is 0.267 e. The molecule has 1 saturated heterocycles. The van der Waals surface area contributed by atoms with Gasteiger partial charge in [-0.2, -0.15) is 5.10 Å². The van der Waals surface area contributed by atoms with Crippen molar-refractivity contribution >= 4 is 46.5 Å². The number of carbonyl (C=O) groups excluding carboxylic acids is 1. The van der Waals surface area contributed by atoms with Gasteiger partial charge >= 0.3 is 0 Å². The Hall–Kier alpha value is -2.90. The van der Waals surface area contributed by atoms with Crippen LogP contribution in [0.3, 0.4) is 0 Å². The van der Waals surface area contributed by atoms with E-state index in [1.54, 1.807) is 28.7 Å². The lowest BCUT2D eigenvalue weighted by molar-refractivity contribution is -0.122. The third-order valence-corrected chi connectivity index (χ3v) is 6.53. The molecule has 0 spiro atoms. The van der Waals surface area contributed by atoms with Crippen LogP contribution in [0.25, 0.3) is 6.08 Å². The Labute approximate surface area is 190 Å². The summed E-state index contributed by atoms with van der Waals surface area (Å²) in [7, 11) is 0. The second kappa shape index (κ2) is 9.08. The number of rotatable bonds is 5. The summed E-state index contributed by atoms with van der Waals surface area (Å²) in [5.74, 6) is 0.589. The van der Waals surface area contributed by atoms with Crippen LogP contribution in [0.4, 0.5) is 0 Å². The van der Waals surface area contributed by atoms with Crippen LogP contribution < -0.4 is 0 Å². The average molecular weight is 450 g/mol. The minimum atomic E-state index is -0.105. The monoisotopic (exact) mass is 449 g/mol.